The second-order valence-corrected chi connectivity index (χ2v) is 8.84. The zero-order valence-electron chi connectivity index (χ0n) is 18.5. The minimum atomic E-state index is -0.763. The van der Waals surface area contributed by atoms with Crippen molar-refractivity contribution in [2.75, 3.05) is 13.2 Å². The zero-order valence-corrected chi connectivity index (χ0v) is 18.5. The van der Waals surface area contributed by atoms with E-state index in [0.29, 0.717) is 19.4 Å². The van der Waals surface area contributed by atoms with Crippen LogP contribution < -0.4 is 11.1 Å². The summed E-state index contributed by atoms with van der Waals surface area (Å²) in [6.07, 6.45) is 1.32. The van der Waals surface area contributed by atoms with Crippen molar-refractivity contribution in [1.82, 2.24) is 5.32 Å². The first-order chi connectivity index (χ1) is 14.8. The van der Waals surface area contributed by atoms with E-state index >= 15 is 0 Å². The minimum absolute atomic E-state index is 0.0321. The van der Waals surface area contributed by atoms with Gasteiger partial charge in [0.2, 0.25) is 0 Å². The molecule has 1 atom stereocenters. The predicted molar refractivity (Wildman–Crippen MR) is 121 cm³/mol. The number of rotatable bonds is 8. The summed E-state index contributed by atoms with van der Waals surface area (Å²) in [4.78, 5) is 25.1. The van der Waals surface area contributed by atoms with Crippen LogP contribution in [0.4, 0.5) is 4.79 Å². The molecule has 0 saturated heterocycles. The molecule has 3 rings (SSSR count). The number of esters is 1. The van der Waals surface area contributed by atoms with E-state index in [1.807, 2.05) is 24.3 Å². The van der Waals surface area contributed by atoms with E-state index in [2.05, 4.69) is 29.6 Å². The van der Waals surface area contributed by atoms with Crippen molar-refractivity contribution in [3.05, 3.63) is 59.7 Å². The number of fused-ring (bicyclic) bond motifs is 3. The number of alkyl carbamates (subject to hydrolysis) is 1. The van der Waals surface area contributed by atoms with E-state index < -0.39 is 23.7 Å². The van der Waals surface area contributed by atoms with Crippen molar-refractivity contribution in [3.8, 4) is 11.1 Å². The van der Waals surface area contributed by atoms with Crippen molar-refractivity contribution >= 4 is 12.1 Å². The Morgan fingerprint density at radius 2 is 1.58 bits per heavy atom. The lowest BCUT2D eigenvalue weighted by atomic mass is 9.98. The summed E-state index contributed by atoms with van der Waals surface area (Å²) in [5.41, 5.74) is 9.55. The van der Waals surface area contributed by atoms with Crippen LogP contribution in [0.3, 0.4) is 0 Å². The number of unbranched alkanes of at least 4 members (excludes halogenated alkanes) is 1. The van der Waals surface area contributed by atoms with Gasteiger partial charge in [-0.2, -0.15) is 0 Å². The molecule has 0 radical (unpaired) electrons. The molecule has 0 saturated carbocycles. The van der Waals surface area contributed by atoms with Crippen LogP contribution in [-0.2, 0) is 14.3 Å². The number of benzene rings is 2. The summed E-state index contributed by atoms with van der Waals surface area (Å²) < 4.78 is 11.0. The van der Waals surface area contributed by atoms with Crippen molar-refractivity contribution in [2.24, 2.45) is 5.73 Å². The zero-order chi connectivity index (χ0) is 22.4. The van der Waals surface area contributed by atoms with E-state index in [0.717, 1.165) is 17.5 Å². The first-order valence-corrected chi connectivity index (χ1v) is 10.8. The maximum absolute atomic E-state index is 12.6. The number of carbonyl (C=O) groups excluding carboxylic acids is 2. The van der Waals surface area contributed by atoms with Gasteiger partial charge in [0.25, 0.3) is 0 Å². The van der Waals surface area contributed by atoms with Crippen LogP contribution in [0.25, 0.3) is 11.1 Å². The smallest absolute Gasteiger partial charge is 0.407 e. The Bertz CT molecular complexity index is 874. The van der Waals surface area contributed by atoms with Crippen LogP contribution in [0.2, 0.25) is 0 Å². The number of ether oxygens (including phenoxy) is 2. The van der Waals surface area contributed by atoms with Crippen molar-refractivity contribution in [2.45, 2.75) is 57.6 Å². The number of hydrogen-bond donors (Lipinski definition) is 2. The van der Waals surface area contributed by atoms with Gasteiger partial charge < -0.3 is 20.5 Å². The fourth-order valence-corrected chi connectivity index (χ4v) is 3.90. The number of hydrogen-bond acceptors (Lipinski definition) is 5. The molecule has 2 aromatic carbocycles. The molecule has 1 amide bonds. The largest absolute Gasteiger partial charge is 0.458 e. The summed E-state index contributed by atoms with van der Waals surface area (Å²) in [5, 5.41) is 2.69. The Labute approximate surface area is 184 Å². The molecule has 6 heteroatoms. The maximum atomic E-state index is 12.6. The van der Waals surface area contributed by atoms with Crippen LogP contribution >= 0.6 is 0 Å². The molecule has 0 bridgehead atoms. The first kappa shape index (κ1) is 22.8. The highest BCUT2D eigenvalue weighted by molar-refractivity contribution is 5.82. The average Bonchev–Trinajstić information content (AvgIpc) is 3.04. The van der Waals surface area contributed by atoms with Crippen molar-refractivity contribution < 1.29 is 19.1 Å². The number of carbonyl (C=O) groups is 2. The van der Waals surface area contributed by atoms with Gasteiger partial charge in [0, 0.05) is 5.92 Å². The van der Waals surface area contributed by atoms with Gasteiger partial charge >= 0.3 is 12.1 Å². The molecule has 0 heterocycles. The van der Waals surface area contributed by atoms with Gasteiger partial charge in [-0.3, -0.25) is 0 Å². The van der Waals surface area contributed by atoms with Gasteiger partial charge in [0.05, 0.1) is 0 Å². The van der Waals surface area contributed by atoms with Crippen LogP contribution in [0.15, 0.2) is 48.5 Å². The van der Waals surface area contributed by atoms with E-state index in [9.17, 15) is 9.59 Å². The monoisotopic (exact) mass is 424 g/mol. The van der Waals surface area contributed by atoms with Crippen molar-refractivity contribution in [3.63, 3.8) is 0 Å². The Balaban J connectivity index is 1.65. The fourth-order valence-electron chi connectivity index (χ4n) is 3.90. The molecule has 3 N–H and O–H groups in total. The molecule has 166 valence electrons. The molecule has 0 aliphatic heterocycles. The van der Waals surface area contributed by atoms with Crippen molar-refractivity contribution in [1.29, 1.82) is 0 Å². The van der Waals surface area contributed by atoms with Crippen LogP contribution in [-0.4, -0.2) is 36.9 Å². The van der Waals surface area contributed by atoms with Gasteiger partial charge in [-0.25, -0.2) is 9.59 Å². The molecule has 0 fully saturated rings. The van der Waals surface area contributed by atoms with E-state index in [1.165, 1.54) is 11.1 Å². The Kier molecular flexibility index (Phi) is 7.33. The standard InChI is InChI=1S/C25H32N2O4/c1-25(2,3)31-23(28)22(14-8-9-15-26)27-24(29)30-16-21-19-12-6-4-10-17(19)18-11-5-7-13-20(18)21/h4-7,10-13,21-22H,8-9,14-16,26H2,1-3H3,(H,27,29)/t22-/m0/s1. The highest BCUT2D eigenvalue weighted by Gasteiger charge is 2.30. The molecule has 0 unspecified atom stereocenters. The lowest BCUT2D eigenvalue weighted by Gasteiger charge is -2.24. The molecule has 1 aliphatic rings. The number of nitrogens with two attached hydrogens (primary N) is 1. The minimum Gasteiger partial charge on any atom is -0.458 e. The van der Waals surface area contributed by atoms with Gasteiger partial charge in [-0.05, 0) is 68.8 Å². The Morgan fingerprint density at radius 1 is 1.00 bits per heavy atom. The Morgan fingerprint density at radius 3 is 2.13 bits per heavy atom. The van der Waals surface area contributed by atoms with E-state index in [4.69, 9.17) is 15.2 Å². The third kappa shape index (κ3) is 5.85. The summed E-state index contributed by atoms with van der Waals surface area (Å²) in [7, 11) is 0. The molecule has 0 aromatic heterocycles. The molecule has 2 aromatic rings. The SMILES string of the molecule is CC(C)(C)OC(=O)[C@H](CCCCN)NC(=O)OCC1c2ccccc2-c2ccccc21. The molecular weight excluding hydrogens is 392 g/mol. The topological polar surface area (TPSA) is 90.6 Å². The van der Waals surface area contributed by atoms with Gasteiger partial charge in [-0.1, -0.05) is 48.5 Å². The third-order valence-corrected chi connectivity index (χ3v) is 5.27. The maximum Gasteiger partial charge on any atom is 0.407 e. The van der Waals surface area contributed by atoms with Crippen LogP contribution in [0.1, 0.15) is 57.1 Å². The predicted octanol–water partition coefficient (Wildman–Crippen LogP) is 4.36. The number of nitrogens with one attached hydrogen (secondary N) is 1. The second kappa shape index (κ2) is 9.96. The van der Waals surface area contributed by atoms with Gasteiger partial charge in [0.15, 0.2) is 0 Å². The first-order valence-electron chi connectivity index (χ1n) is 10.8. The summed E-state index contributed by atoms with van der Waals surface area (Å²) in [5.74, 6) is -0.492. The summed E-state index contributed by atoms with van der Waals surface area (Å²) >= 11 is 0. The quantitative estimate of drug-likeness (QED) is 0.485. The highest BCUT2D eigenvalue weighted by atomic mass is 16.6. The second-order valence-electron chi connectivity index (χ2n) is 8.84. The molecular formula is C25H32N2O4. The normalized spacial score (nSPS) is 13.8. The summed E-state index contributed by atoms with van der Waals surface area (Å²) in [6.45, 7) is 6.13. The van der Waals surface area contributed by atoms with Crippen LogP contribution in [0.5, 0.6) is 0 Å². The third-order valence-electron chi connectivity index (χ3n) is 5.27. The average molecular weight is 425 g/mol. The molecule has 31 heavy (non-hydrogen) atoms. The van der Waals surface area contributed by atoms with E-state index in [1.54, 1.807) is 20.8 Å². The molecule has 1 aliphatic carbocycles. The summed E-state index contributed by atoms with van der Waals surface area (Å²) in [6, 6.07) is 15.6. The number of amides is 1. The fraction of sp³-hybridized carbons (Fsp3) is 0.440. The lowest BCUT2D eigenvalue weighted by molar-refractivity contribution is -0.157. The van der Waals surface area contributed by atoms with Gasteiger partial charge in [-0.15, -0.1) is 0 Å². The molecule has 6 nitrogen and oxygen atoms in total. The molecule has 0 spiro atoms. The lowest BCUT2D eigenvalue weighted by Crippen LogP contribution is -2.44. The highest BCUT2D eigenvalue weighted by Crippen LogP contribution is 2.44. The van der Waals surface area contributed by atoms with E-state index in [-0.39, 0.29) is 12.5 Å². The van der Waals surface area contributed by atoms with Crippen LogP contribution in [0, 0.1) is 0 Å². The van der Waals surface area contributed by atoms with Gasteiger partial charge in [0.1, 0.15) is 18.2 Å². The Hall–Kier alpha value is -2.86.